The van der Waals surface area contributed by atoms with E-state index in [1.54, 1.807) is 6.26 Å². The van der Waals surface area contributed by atoms with Crippen LogP contribution in [0, 0.1) is 29.1 Å². The number of hydrogen-bond acceptors (Lipinski definition) is 3. The summed E-state index contributed by atoms with van der Waals surface area (Å²) in [6.45, 7) is 5.87. The Kier molecular flexibility index (Phi) is 4.81. The Bertz CT molecular complexity index is 659. The Morgan fingerprint density at radius 1 is 1.04 bits per heavy atom. The first-order chi connectivity index (χ1) is 12.9. The number of hydrogen-bond donors (Lipinski definition) is 2. The van der Waals surface area contributed by atoms with Gasteiger partial charge >= 0.3 is 0 Å². The lowest BCUT2D eigenvalue weighted by molar-refractivity contribution is -0.149. The highest BCUT2D eigenvalue weighted by molar-refractivity contribution is 5.90. The van der Waals surface area contributed by atoms with Crippen molar-refractivity contribution < 1.29 is 14.0 Å². The van der Waals surface area contributed by atoms with Crippen molar-refractivity contribution in [2.24, 2.45) is 29.1 Å². The third-order valence-electron chi connectivity index (χ3n) is 7.08. The minimum atomic E-state index is -0.511. The van der Waals surface area contributed by atoms with E-state index in [0.717, 1.165) is 25.0 Å². The molecule has 2 atom stereocenters. The highest BCUT2D eigenvalue weighted by Gasteiger charge is 2.55. The average Bonchev–Trinajstić information content (AvgIpc) is 3.12. The number of amides is 2. The number of carbonyl (C=O) groups is 2. The van der Waals surface area contributed by atoms with Gasteiger partial charge in [0.05, 0.1) is 12.3 Å². The van der Waals surface area contributed by atoms with Gasteiger partial charge in [-0.2, -0.15) is 0 Å². The summed E-state index contributed by atoms with van der Waals surface area (Å²) in [7, 11) is 0. The first-order valence-electron chi connectivity index (χ1n) is 10.5. The first kappa shape index (κ1) is 18.6. The molecule has 4 saturated carbocycles. The minimum absolute atomic E-state index is 0.0339. The van der Waals surface area contributed by atoms with Gasteiger partial charge in [0.15, 0.2) is 0 Å². The molecule has 4 aliphatic rings. The summed E-state index contributed by atoms with van der Waals surface area (Å²) in [5.74, 6) is 2.88. The molecule has 1 aromatic rings. The van der Waals surface area contributed by atoms with E-state index in [2.05, 4.69) is 10.6 Å². The SMILES string of the molecule is CC(NC(=O)C(NC(=O)C12CC3CC(CC(C3)C1)C2)C(C)C)c1ccco1. The van der Waals surface area contributed by atoms with Crippen LogP contribution in [0.2, 0.25) is 0 Å². The maximum Gasteiger partial charge on any atom is 0.243 e. The third-order valence-corrected chi connectivity index (χ3v) is 7.08. The van der Waals surface area contributed by atoms with E-state index in [9.17, 15) is 9.59 Å². The van der Waals surface area contributed by atoms with Gasteiger partial charge in [-0.3, -0.25) is 9.59 Å². The second kappa shape index (κ2) is 6.99. The van der Waals surface area contributed by atoms with Gasteiger partial charge in [-0.15, -0.1) is 0 Å². The summed E-state index contributed by atoms with van der Waals surface area (Å²) in [6.07, 6.45) is 8.57. The van der Waals surface area contributed by atoms with Gasteiger partial charge in [-0.05, 0) is 81.3 Å². The number of carbonyl (C=O) groups excluding carboxylic acids is 2. The van der Waals surface area contributed by atoms with E-state index < -0.39 is 6.04 Å². The molecule has 4 fully saturated rings. The molecule has 1 aromatic heterocycles. The molecule has 27 heavy (non-hydrogen) atoms. The maximum absolute atomic E-state index is 13.3. The molecule has 4 bridgehead atoms. The normalized spacial score (nSPS) is 33.7. The van der Waals surface area contributed by atoms with Crippen LogP contribution < -0.4 is 10.6 Å². The van der Waals surface area contributed by atoms with Crippen molar-refractivity contribution >= 4 is 11.8 Å². The number of rotatable bonds is 6. The monoisotopic (exact) mass is 372 g/mol. The van der Waals surface area contributed by atoms with Crippen LogP contribution in [0.25, 0.3) is 0 Å². The van der Waals surface area contributed by atoms with E-state index >= 15 is 0 Å². The van der Waals surface area contributed by atoms with Gasteiger partial charge in [-0.25, -0.2) is 0 Å². The zero-order valence-electron chi connectivity index (χ0n) is 16.7. The Morgan fingerprint density at radius 2 is 1.63 bits per heavy atom. The van der Waals surface area contributed by atoms with E-state index in [1.165, 1.54) is 19.3 Å². The van der Waals surface area contributed by atoms with Crippen molar-refractivity contribution in [2.75, 3.05) is 0 Å². The highest BCUT2D eigenvalue weighted by atomic mass is 16.3. The van der Waals surface area contributed by atoms with Crippen molar-refractivity contribution in [1.82, 2.24) is 10.6 Å². The standard InChI is InChI=1S/C22H32N2O3/c1-13(2)19(20(25)23-14(3)18-5-4-6-27-18)24-21(26)22-10-15-7-16(11-22)9-17(8-15)12-22/h4-6,13-17,19H,7-12H2,1-3H3,(H,23,25)(H,24,26). The van der Waals surface area contributed by atoms with E-state index in [-0.39, 0.29) is 29.2 Å². The molecule has 5 rings (SSSR count). The third kappa shape index (κ3) is 3.53. The molecule has 0 aliphatic heterocycles. The molecule has 0 spiro atoms. The summed E-state index contributed by atoms with van der Waals surface area (Å²) in [4.78, 5) is 26.2. The predicted molar refractivity (Wildman–Crippen MR) is 103 cm³/mol. The molecule has 0 aromatic carbocycles. The van der Waals surface area contributed by atoms with Crippen molar-refractivity contribution in [3.05, 3.63) is 24.2 Å². The molecule has 0 radical (unpaired) electrons. The second-order valence-electron chi connectivity index (χ2n) is 9.64. The van der Waals surface area contributed by atoms with Crippen molar-refractivity contribution in [1.29, 1.82) is 0 Å². The van der Waals surface area contributed by atoms with Crippen LogP contribution in [0.4, 0.5) is 0 Å². The van der Waals surface area contributed by atoms with Crippen LogP contribution in [0.5, 0.6) is 0 Å². The van der Waals surface area contributed by atoms with Crippen LogP contribution in [-0.4, -0.2) is 17.9 Å². The minimum Gasteiger partial charge on any atom is -0.467 e. The van der Waals surface area contributed by atoms with Gasteiger partial charge in [0.1, 0.15) is 11.8 Å². The largest absolute Gasteiger partial charge is 0.467 e. The highest BCUT2D eigenvalue weighted by Crippen LogP contribution is 2.60. The Morgan fingerprint density at radius 3 is 2.11 bits per heavy atom. The van der Waals surface area contributed by atoms with Crippen molar-refractivity contribution in [3.63, 3.8) is 0 Å². The molecule has 0 saturated heterocycles. The Balaban J connectivity index is 1.43. The predicted octanol–water partition coefficient (Wildman–Crippen LogP) is 3.81. The first-order valence-corrected chi connectivity index (χ1v) is 10.5. The van der Waals surface area contributed by atoms with E-state index in [1.807, 2.05) is 32.9 Å². The van der Waals surface area contributed by atoms with Crippen molar-refractivity contribution in [3.8, 4) is 0 Å². The second-order valence-corrected chi connectivity index (χ2v) is 9.64. The lowest BCUT2D eigenvalue weighted by Crippen LogP contribution is -2.58. The summed E-state index contributed by atoms with van der Waals surface area (Å²) in [5, 5.41) is 6.14. The molecule has 2 N–H and O–H groups in total. The van der Waals surface area contributed by atoms with Crippen LogP contribution in [0.1, 0.15) is 71.1 Å². The van der Waals surface area contributed by atoms with Gasteiger partial charge in [-0.1, -0.05) is 13.8 Å². The van der Waals surface area contributed by atoms with Gasteiger partial charge in [0.25, 0.3) is 0 Å². The van der Waals surface area contributed by atoms with Gasteiger partial charge in [0.2, 0.25) is 11.8 Å². The number of furan rings is 1. The lowest BCUT2D eigenvalue weighted by Gasteiger charge is -2.55. The average molecular weight is 373 g/mol. The van der Waals surface area contributed by atoms with Crippen LogP contribution in [0.15, 0.2) is 22.8 Å². The van der Waals surface area contributed by atoms with Crippen LogP contribution in [0.3, 0.4) is 0 Å². The fourth-order valence-corrected chi connectivity index (χ4v) is 6.13. The summed E-state index contributed by atoms with van der Waals surface area (Å²) < 4.78 is 5.38. The summed E-state index contributed by atoms with van der Waals surface area (Å²) >= 11 is 0. The zero-order valence-corrected chi connectivity index (χ0v) is 16.7. The fraction of sp³-hybridized carbons (Fsp3) is 0.727. The maximum atomic E-state index is 13.3. The molecule has 5 nitrogen and oxygen atoms in total. The summed E-state index contributed by atoms with van der Waals surface area (Å²) in [6, 6.07) is 2.93. The molecular weight excluding hydrogens is 340 g/mol. The molecular formula is C22H32N2O3. The van der Waals surface area contributed by atoms with Gasteiger partial charge in [0, 0.05) is 5.41 Å². The van der Waals surface area contributed by atoms with E-state index in [4.69, 9.17) is 4.42 Å². The zero-order chi connectivity index (χ0) is 19.2. The topological polar surface area (TPSA) is 71.3 Å². The molecule has 1 heterocycles. The molecule has 5 heteroatoms. The smallest absolute Gasteiger partial charge is 0.243 e. The molecule has 2 unspecified atom stereocenters. The van der Waals surface area contributed by atoms with Crippen molar-refractivity contribution in [2.45, 2.75) is 71.4 Å². The van der Waals surface area contributed by atoms with E-state index in [0.29, 0.717) is 17.8 Å². The van der Waals surface area contributed by atoms with Crippen LogP contribution >= 0.6 is 0 Å². The Labute approximate surface area is 161 Å². The summed E-state index contributed by atoms with van der Waals surface area (Å²) in [5.41, 5.74) is -0.227. The molecule has 148 valence electrons. The fourth-order valence-electron chi connectivity index (χ4n) is 6.13. The molecule has 4 aliphatic carbocycles. The Hall–Kier alpha value is -1.78. The van der Waals surface area contributed by atoms with Crippen LogP contribution in [-0.2, 0) is 9.59 Å². The lowest BCUT2D eigenvalue weighted by atomic mass is 9.49. The van der Waals surface area contributed by atoms with Gasteiger partial charge < -0.3 is 15.1 Å². The number of nitrogens with one attached hydrogen (secondary N) is 2. The quantitative estimate of drug-likeness (QED) is 0.797. The molecule has 2 amide bonds.